The first-order chi connectivity index (χ1) is 9.66. The number of nitrogens with one attached hydrogen (secondary N) is 2. The van der Waals surface area contributed by atoms with E-state index in [1.54, 1.807) is 23.5 Å². The van der Waals surface area contributed by atoms with E-state index in [1.807, 2.05) is 18.4 Å². The fourth-order valence-corrected chi connectivity index (χ4v) is 2.48. The molecular weight excluding hydrogens is 276 g/mol. The maximum absolute atomic E-state index is 11.6. The van der Waals surface area contributed by atoms with E-state index in [9.17, 15) is 9.59 Å². The van der Waals surface area contributed by atoms with E-state index in [0.717, 1.165) is 4.88 Å². The monoisotopic (exact) mass is 292 g/mol. The molecule has 0 saturated heterocycles. The van der Waals surface area contributed by atoms with E-state index < -0.39 is 0 Å². The third-order valence-electron chi connectivity index (χ3n) is 2.80. The number of rotatable bonds is 6. The van der Waals surface area contributed by atoms with Gasteiger partial charge in [0.25, 0.3) is 5.91 Å². The summed E-state index contributed by atoms with van der Waals surface area (Å²) in [7, 11) is 0. The average Bonchev–Trinajstić information content (AvgIpc) is 3.07. The fourth-order valence-electron chi connectivity index (χ4n) is 1.64. The Balaban J connectivity index is 1.65. The zero-order chi connectivity index (χ0) is 14.4. The number of hydrogen-bond acceptors (Lipinski definition) is 4. The minimum Gasteiger partial charge on any atom is -0.459 e. The summed E-state index contributed by atoms with van der Waals surface area (Å²) >= 11 is 1.62. The quantitative estimate of drug-likeness (QED) is 0.856. The van der Waals surface area contributed by atoms with Crippen molar-refractivity contribution in [2.45, 2.75) is 19.9 Å². The summed E-state index contributed by atoms with van der Waals surface area (Å²) in [5, 5.41) is 7.46. The van der Waals surface area contributed by atoms with E-state index in [1.165, 1.54) is 11.8 Å². The van der Waals surface area contributed by atoms with Gasteiger partial charge in [-0.15, -0.1) is 11.3 Å². The van der Waals surface area contributed by atoms with Crippen LogP contribution in [0.5, 0.6) is 0 Å². The van der Waals surface area contributed by atoms with Crippen LogP contribution in [0.2, 0.25) is 0 Å². The van der Waals surface area contributed by atoms with Gasteiger partial charge in [-0.1, -0.05) is 0 Å². The lowest BCUT2D eigenvalue weighted by atomic mass is 10.3. The minimum atomic E-state index is -0.308. The van der Waals surface area contributed by atoms with Crippen molar-refractivity contribution in [2.75, 3.05) is 6.54 Å². The van der Waals surface area contributed by atoms with E-state index in [2.05, 4.69) is 10.6 Å². The van der Waals surface area contributed by atoms with Crippen LogP contribution in [0.15, 0.2) is 34.3 Å². The molecule has 2 heterocycles. The molecule has 2 aromatic rings. The second-order valence-electron chi connectivity index (χ2n) is 4.29. The number of amides is 2. The van der Waals surface area contributed by atoms with Crippen molar-refractivity contribution in [1.29, 1.82) is 0 Å². The van der Waals surface area contributed by atoms with Crippen LogP contribution < -0.4 is 10.6 Å². The number of aryl methyl sites for hydroxylation is 1. The number of furan rings is 1. The molecule has 2 aromatic heterocycles. The van der Waals surface area contributed by atoms with Crippen LogP contribution in [-0.2, 0) is 11.3 Å². The second-order valence-corrected chi connectivity index (χ2v) is 5.29. The maximum Gasteiger partial charge on any atom is 0.286 e. The predicted octanol–water partition coefficient (Wildman–Crippen LogP) is 2.09. The Morgan fingerprint density at radius 2 is 2.15 bits per heavy atom. The van der Waals surface area contributed by atoms with Crippen molar-refractivity contribution in [3.05, 3.63) is 46.0 Å². The number of hydrogen-bond donors (Lipinski definition) is 2. The Labute approximate surface area is 121 Å². The smallest absolute Gasteiger partial charge is 0.286 e. The van der Waals surface area contributed by atoms with Crippen LogP contribution >= 0.6 is 11.3 Å². The zero-order valence-corrected chi connectivity index (χ0v) is 12.0. The first-order valence-electron chi connectivity index (χ1n) is 6.28. The summed E-state index contributed by atoms with van der Waals surface area (Å²) in [5.41, 5.74) is 1.18. The van der Waals surface area contributed by atoms with Crippen molar-refractivity contribution >= 4 is 23.2 Å². The molecule has 0 aliphatic rings. The molecule has 0 aliphatic carbocycles. The molecule has 0 spiro atoms. The highest BCUT2D eigenvalue weighted by molar-refractivity contribution is 7.10. The molecule has 0 bridgehead atoms. The Hall–Kier alpha value is -2.08. The summed E-state index contributed by atoms with van der Waals surface area (Å²) in [6, 6.07) is 5.25. The molecule has 0 radical (unpaired) electrons. The predicted molar refractivity (Wildman–Crippen MR) is 76.6 cm³/mol. The molecule has 0 unspecified atom stereocenters. The molecule has 0 fully saturated rings. The van der Waals surface area contributed by atoms with E-state index >= 15 is 0 Å². The topological polar surface area (TPSA) is 71.3 Å². The second kappa shape index (κ2) is 6.91. The van der Waals surface area contributed by atoms with Crippen molar-refractivity contribution in [3.63, 3.8) is 0 Å². The lowest BCUT2D eigenvalue weighted by Gasteiger charge is -2.05. The maximum atomic E-state index is 11.6. The van der Waals surface area contributed by atoms with Gasteiger partial charge in [0.05, 0.1) is 12.8 Å². The summed E-state index contributed by atoms with van der Waals surface area (Å²) < 4.78 is 4.95. The fraction of sp³-hybridized carbons (Fsp3) is 0.286. The standard InChI is InChI=1S/C14H16N2O3S/c1-10-5-8-20-12(10)9-16-13(17)4-6-15-14(18)11-3-2-7-19-11/h2-3,5,7-8H,4,6,9H2,1H3,(H,15,18)(H,16,17). The molecule has 0 aliphatic heterocycles. The van der Waals surface area contributed by atoms with E-state index in [-0.39, 0.29) is 30.5 Å². The van der Waals surface area contributed by atoms with Gasteiger partial charge in [0.1, 0.15) is 0 Å². The average molecular weight is 292 g/mol. The van der Waals surface area contributed by atoms with Gasteiger partial charge in [-0.25, -0.2) is 0 Å². The van der Waals surface area contributed by atoms with Gasteiger partial charge in [-0.2, -0.15) is 0 Å². The van der Waals surface area contributed by atoms with Crippen LogP contribution in [0.3, 0.4) is 0 Å². The van der Waals surface area contributed by atoms with Gasteiger partial charge in [0.2, 0.25) is 5.91 Å². The van der Waals surface area contributed by atoms with Crippen molar-refractivity contribution in [2.24, 2.45) is 0 Å². The molecule has 20 heavy (non-hydrogen) atoms. The summed E-state index contributed by atoms with van der Waals surface area (Å²) in [5.74, 6) is -0.144. The molecular formula is C14H16N2O3S. The lowest BCUT2D eigenvalue weighted by Crippen LogP contribution is -2.30. The molecule has 2 rings (SSSR count). The molecule has 0 saturated carbocycles. The van der Waals surface area contributed by atoms with Crippen LogP contribution in [0.1, 0.15) is 27.4 Å². The minimum absolute atomic E-state index is 0.0856. The van der Waals surface area contributed by atoms with Gasteiger partial charge in [-0.05, 0) is 36.1 Å². The molecule has 5 nitrogen and oxygen atoms in total. The highest BCUT2D eigenvalue weighted by Gasteiger charge is 2.09. The van der Waals surface area contributed by atoms with Gasteiger partial charge >= 0.3 is 0 Å². The molecule has 6 heteroatoms. The Bertz CT molecular complexity index is 575. The van der Waals surface area contributed by atoms with Crippen LogP contribution in [0.4, 0.5) is 0 Å². The number of carbonyl (C=O) groups excluding carboxylic acids is 2. The molecule has 0 atom stereocenters. The van der Waals surface area contributed by atoms with Crippen molar-refractivity contribution < 1.29 is 14.0 Å². The Morgan fingerprint density at radius 3 is 2.80 bits per heavy atom. The Kier molecular flexibility index (Phi) is 4.95. The first-order valence-corrected chi connectivity index (χ1v) is 7.16. The van der Waals surface area contributed by atoms with Gasteiger partial charge < -0.3 is 15.1 Å². The van der Waals surface area contributed by atoms with Crippen molar-refractivity contribution in [1.82, 2.24) is 10.6 Å². The number of carbonyl (C=O) groups is 2. The van der Waals surface area contributed by atoms with E-state index in [4.69, 9.17) is 4.42 Å². The summed E-state index contributed by atoms with van der Waals surface area (Å²) in [4.78, 5) is 24.3. The SMILES string of the molecule is Cc1ccsc1CNC(=O)CCNC(=O)c1ccco1. The van der Waals surface area contributed by atoms with Crippen LogP contribution in [-0.4, -0.2) is 18.4 Å². The van der Waals surface area contributed by atoms with Gasteiger partial charge in [0.15, 0.2) is 5.76 Å². The first kappa shape index (κ1) is 14.3. The Morgan fingerprint density at radius 1 is 1.30 bits per heavy atom. The molecule has 2 amide bonds. The molecule has 0 aromatic carbocycles. The third kappa shape index (κ3) is 3.96. The number of thiophene rings is 1. The van der Waals surface area contributed by atoms with Crippen molar-refractivity contribution in [3.8, 4) is 0 Å². The summed E-state index contributed by atoms with van der Waals surface area (Å²) in [6.45, 7) is 2.84. The third-order valence-corrected chi connectivity index (χ3v) is 3.82. The zero-order valence-electron chi connectivity index (χ0n) is 11.1. The largest absolute Gasteiger partial charge is 0.459 e. The highest BCUT2D eigenvalue weighted by atomic mass is 32.1. The molecule has 106 valence electrons. The molecule has 2 N–H and O–H groups in total. The van der Waals surface area contributed by atoms with Crippen LogP contribution in [0.25, 0.3) is 0 Å². The van der Waals surface area contributed by atoms with E-state index in [0.29, 0.717) is 6.54 Å². The summed E-state index contributed by atoms with van der Waals surface area (Å²) in [6.07, 6.45) is 1.68. The normalized spacial score (nSPS) is 10.2. The lowest BCUT2D eigenvalue weighted by molar-refractivity contribution is -0.121. The van der Waals surface area contributed by atoms with Gasteiger partial charge in [-0.3, -0.25) is 9.59 Å². The highest BCUT2D eigenvalue weighted by Crippen LogP contribution is 2.14. The van der Waals surface area contributed by atoms with Gasteiger partial charge in [0, 0.05) is 17.8 Å². The van der Waals surface area contributed by atoms with Crippen LogP contribution in [0, 0.1) is 6.92 Å².